The van der Waals surface area contributed by atoms with Crippen LogP contribution in [0.25, 0.3) is 0 Å². The highest BCUT2D eigenvalue weighted by Crippen LogP contribution is 2.27. The predicted octanol–water partition coefficient (Wildman–Crippen LogP) is 8.73. The second kappa shape index (κ2) is 16.6. The fourth-order valence-corrected chi connectivity index (χ4v) is 5.67. The predicted molar refractivity (Wildman–Crippen MR) is 142 cm³/mol. The van der Waals surface area contributed by atoms with E-state index in [2.05, 4.69) is 64.3 Å². The van der Waals surface area contributed by atoms with Crippen molar-refractivity contribution in [3.63, 3.8) is 0 Å². The van der Waals surface area contributed by atoms with Crippen molar-refractivity contribution in [3.05, 3.63) is 24.8 Å². The van der Waals surface area contributed by atoms with Gasteiger partial charge in [-0.05, 0) is 69.7 Å². The lowest BCUT2D eigenvalue weighted by molar-refractivity contribution is 0.0696. The molecule has 0 aromatic heterocycles. The number of unbranched alkanes of at least 4 members (excludes halogenated alkanes) is 11. The zero-order chi connectivity index (χ0) is 21.5. The maximum Gasteiger partial charge on any atom is 0.335 e. The van der Waals surface area contributed by atoms with Crippen LogP contribution in [-0.2, 0) is 0 Å². The molecule has 0 radical (unpaired) electrons. The third-order valence-corrected chi connectivity index (χ3v) is 7.00. The van der Waals surface area contributed by atoms with Gasteiger partial charge in [-0.25, -0.2) is 4.79 Å². The number of carboxylic acid groups (broad SMARTS) is 1. The zero-order valence-corrected chi connectivity index (χ0v) is 22.6. The first-order chi connectivity index (χ1) is 13.9. The largest absolute Gasteiger partial charge is 0.478 e. The molecule has 0 spiro atoms. The van der Waals surface area contributed by atoms with E-state index in [1.165, 1.54) is 83.5 Å². The lowest BCUT2D eigenvalue weighted by Crippen LogP contribution is -2.07. The Kier molecular flexibility index (Phi) is 15.5. The minimum absolute atomic E-state index is 0.357. The van der Waals surface area contributed by atoms with E-state index in [1.54, 1.807) is 12.1 Å². The molecule has 1 aromatic rings. The summed E-state index contributed by atoms with van der Waals surface area (Å²) in [4.78, 5) is 11.1. The average molecular weight is 627 g/mol. The monoisotopic (exact) mass is 627 g/mol. The van der Waals surface area contributed by atoms with E-state index >= 15 is 0 Å². The number of aromatic carboxylic acids is 1. The standard InChI is InChI=1S/C24H39I2NO2/c1-19(2)15-13-11-9-7-5-3-4-6-8-10-12-14-16-27-23-21(25)17-20(24(28)29)18-22(23)26/h17-19,27H,3-16H2,1-2H3,(H,28,29). The molecule has 0 heterocycles. The molecule has 1 rings (SSSR count). The molecular weight excluding hydrogens is 588 g/mol. The van der Waals surface area contributed by atoms with Gasteiger partial charge in [-0.3, -0.25) is 0 Å². The summed E-state index contributed by atoms with van der Waals surface area (Å²) in [6.07, 6.45) is 17.8. The van der Waals surface area contributed by atoms with Crippen molar-refractivity contribution in [3.8, 4) is 0 Å². The van der Waals surface area contributed by atoms with E-state index in [0.717, 1.165) is 25.3 Å². The van der Waals surface area contributed by atoms with Crippen LogP contribution in [0.1, 0.15) is 108 Å². The molecule has 0 aliphatic heterocycles. The summed E-state index contributed by atoms with van der Waals surface area (Å²) >= 11 is 4.43. The van der Waals surface area contributed by atoms with Gasteiger partial charge in [0.05, 0.1) is 11.3 Å². The van der Waals surface area contributed by atoms with Gasteiger partial charge >= 0.3 is 5.97 Å². The summed E-state index contributed by atoms with van der Waals surface area (Å²) in [5.74, 6) is -0.00215. The fraction of sp³-hybridized carbons (Fsp3) is 0.708. The van der Waals surface area contributed by atoms with Gasteiger partial charge in [0.15, 0.2) is 0 Å². The molecule has 0 bridgehead atoms. The van der Waals surface area contributed by atoms with Crippen molar-refractivity contribution in [2.75, 3.05) is 11.9 Å². The van der Waals surface area contributed by atoms with E-state index in [9.17, 15) is 4.79 Å². The SMILES string of the molecule is CC(C)CCCCCCCCCCCCCCNc1c(I)cc(C(=O)O)cc1I. The normalized spacial score (nSPS) is 11.2. The molecule has 2 N–H and O–H groups in total. The lowest BCUT2D eigenvalue weighted by atomic mass is 10.0. The zero-order valence-electron chi connectivity index (χ0n) is 18.2. The van der Waals surface area contributed by atoms with E-state index in [4.69, 9.17) is 5.11 Å². The van der Waals surface area contributed by atoms with Crippen molar-refractivity contribution in [2.24, 2.45) is 5.92 Å². The molecule has 166 valence electrons. The highest BCUT2D eigenvalue weighted by atomic mass is 127. The molecule has 0 saturated carbocycles. The van der Waals surface area contributed by atoms with Crippen LogP contribution in [0.5, 0.6) is 0 Å². The number of halogens is 2. The number of carbonyl (C=O) groups is 1. The minimum Gasteiger partial charge on any atom is -0.478 e. The Bertz CT molecular complexity index is 567. The van der Waals surface area contributed by atoms with Crippen molar-refractivity contribution in [1.29, 1.82) is 0 Å². The Hall–Kier alpha value is -0.0500. The Morgan fingerprint density at radius 3 is 1.66 bits per heavy atom. The van der Waals surface area contributed by atoms with Crippen LogP contribution in [0.15, 0.2) is 12.1 Å². The third kappa shape index (κ3) is 13.1. The van der Waals surface area contributed by atoms with E-state index in [1.807, 2.05) is 0 Å². The summed E-state index contributed by atoms with van der Waals surface area (Å²) in [6, 6.07) is 3.47. The van der Waals surface area contributed by atoms with Gasteiger partial charge in [-0.2, -0.15) is 0 Å². The van der Waals surface area contributed by atoms with E-state index < -0.39 is 5.97 Å². The molecule has 0 fully saturated rings. The maximum atomic E-state index is 11.1. The number of hydrogen-bond acceptors (Lipinski definition) is 2. The molecule has 3 nitrogen and oxygen atoms in total. The number of rotatable bonds is 17. The van der Waals surface area contributed by atoms with Gasteiger partial charge in [0.2, 0.25) is 0 Å². The molecule has 0 atom stereocenters. The lowest BCUT2D eigenvalue weighted by Gasteiger charge is -2.12. The van der Waals surface area contributed by atoms with Gasteiger partial charge in [-0.15, -0.1) is 0 Å². The van der Waals surface area contributed by atoms with Crippen LogP contribution in [-0.4, -0.2) is 17.6 Å². The number of nitrogens with one attached hydrogen (secondary N) is 1. The van der Waals surface area contributed by atoms with E-state index in [0.29, 0.717) is 5.56 Å². The molecule has 1 aromatic carbocycles. The summed E-state index contributed by atoms with van der Waals surface area (Å²) in [7, 11) is 0. The summed E-state index contributed by atoms with van der Waals surface area (Å²) in [6.45, 7) is 5.59. The van der Waals surface area contributed by atoms with Crippen LogP contribution in [0.2, 0.25) is 0 Å². The molecule has 0 aliphatic rings. The Morgan fingerprint density at radius 2 is 1.24 bits per heavy atom. The second-order valence-electron chi connectivity index (χ2n) is 8.47. The fourth-order valence-electron chi connectivity index (χ4n) is 3.52. The third-order valence-electron chi connectivity index (χ3n) is 5.30. The van der Waals surface area contributed by atoms with Gasteiger partial charge in [-0.1, -0.05) is 90.9 Å². The van der Waals surface area contributed by atoms with Crippen molar-refractivity contribution >= 4 is 56.8 Å². The van der Waals surface area contributed by atoms with Gasteiger partial charge < -0.3 is 10.4 Å². The smallest absolute Gasteiger partial charge is 0.335 e. The topological polar surface area (TPSA) is 49.3 Å². The van der Waals surface area contributed by atoms with Crippen LogP contribution in [0.3, 0.4) is 0 Å². The van der Waals surface area contributed by atoms with E-state index in [-0.39, 0.29) is 0 Å². The number of hydrogen-bond donors (Lipinski definition) is 2. The van der Waals surface area contributed by atoms with Crippen LogP contribution < -0.4 is 5.32 Å². The van der Waals surface area contributed by atoms with Gasteiger partial charge in [0.1, 0.15) is 0 Å². The quantitative estimate of drug-likeness (QED) is 0.134. The highest BCUT2D eigenvalue weighted by Gasteiger charge is 2.11. The highest BCUT2D eigenvalue weighted by molar-refractivity contribution is 14.1. The maximum absolute atomic E-state index is 11.1. The molecular formula is C24H39I2NO2. The average Bonchev–Trinajstić information content (AvgIpc) is 2.66. The second-order valence-corrected chi connectivity index (χ2v) is 10.8. The van der Waals surface area contributed by atoms with Crippen LogP contribution in [0.4, 0.5) is 5.69 Å². The van der Waals surface area contributed by atoms with Gasteiger partial charge in [0.25, 0.3) is 0 Å². The summed E-state index contributed by atoms with van der Waals surface area (Å²) in [5.41, 5.74) is 1.43. The van der Waals surface area contributed by atoms with Crippen molar-refractivity contribution in [1.82, 2.24) is 0 Å². The minimum atomic E-state index is -0.867. The summed E-state index contributed by atoms with van der Waals surface area (Å²) < 4.78 is 1.96. The van der Waals surface area contributed by atoms with Gasteiger partial charge in [0, 0.05) is 13.7 Å². The first-order valence-corrected chi connectivity index (χ1v) is 13.5. The molecule has 0 aliphatic carbocycles. The molecule has 0 saturated heterocycles. The first-order valence-electron chi connectivity index (χ1n) is 11.4. The molecule has 29 heavy (non-hydrogen) atoms. The van der Waals surface area contributed by atoms with Crippen molar-refractivity contribution < 1.29 is 9.90 Å². The Morgan fingerprint density at radius 1 is 0.828 bits per heavy atom. The number of anilines is 1. The number of benzene rings is 1. The molecule has 0 amide bonds. The molecule has 0 unspecified atom stereocenters. The summed E-state index contributed by atoms with van der Waals surface area (Å²) in [5, 5.41) is 12.6. The van der Waals surface area contributed by atoms with Crippen LogP contribution in [0, 0.1) is 13.1 Å². The van der Waals surface area contributed by atoms with Crippen LogP contribution >= 0.6 is 45.2 Å². The molecule has 5 heteroatoms. The first kappa shape index (κ1) is 27.0. The Balaban J connectivity index is 1.96. The Labute approximate surface area is 205 Å². The van der Waals surface area contributed by atoms with Crippen molar-refractivity contribution in [2.45, 2.75) is 97.3 Å². The number of carboxylic acids is 1.